The normalized spacial score (nSPS) is 13.0. The monoisotopic (exact) mass is 293 g/mol. The highest BCUT2D eigenvalue weighted by atomic mass is 19.1. The van der Waals surface area contributed by atoms with Gasteiger partial charge >= 0.3 is 5.69 Å². The Morgan fingerprint density at radius 3 is 2.48 bits per heavy atom. The molecule has 0 spiro atoms. The highest BCUT2D eigenvalue weighted by Gasteiger charge is 2.23. The average Bonchev–Trinajstić information content (AvgIpc) is 2.88. The van der Waals surface area contributed by atoms with Gasteiger partial charge in [0.05, 0.1) is 18.1 Å². The molecule has 0 saturated carbocycles. The van der Waals surface area contributed by atoms with Crippen LogP contribution >= 0.6 is 0 Å². The minimum absolute atomic E-state index is 0.102. The van der Waals surface area contributed by atoms with Crippen LogP contribution in [0.5, 0.6) is 11.5 Å². The van der Waals surface area contributed by atoms with E-state index in [0.717, 1.165) is 17.7 Å². The second-order valence-electron chi connectivity index (χ2n) is 4.52. The Hall–Kier alpha value is -2.54. The van der Waals surface area contributed by atoms with Crippen molar-refractivity contribution in [1.82, 2.24) is 0 Å². The Bertz CT molecular complexity index is 733. The third-order valence-corrected chi connectivity index (χ3v) is 3.11. The first kappa shape index (κ1) is 13.4. The van der Waals surface area contributed by atoms with Crippen molar-refractivity contribution >= 4 is 5.69 Å². The van der Waals surface area contributed by atoms with Crippen molar-refractivity contribution in [1.29, 1.82) is 0 Å². The Kier molecular flexibility index (Phi) is 3.26. The highest BCUT2D eigenvalue weighted by Crippen LogP contribution is 2.37. The maximum Gasteiger partial charge on any atom is 0.311 e. The fourth-order valence-electron chi connectivity index (χ4n) is 2.09. The molecule has 0 aromatic heterocycles. The van der Waals surface area contributed by atoms with Gasteiger partial charge < -0.3 is 9.47 Å². The standard InChI is InChI=1S/C14H9F2NO4/c15-10-1-2-13(11(16)5-10)21-14-4-9-7-20-6-8(9)3-12(14)17(18)19/h1-5H,6-7H2. The van der Waals surface area contributed by atoms with Crippen molar-refractivity contribution < 1.29 is 23.2 Å². The number of rotatable bonds is 3. The van der Waals surface area contributed by atoms with Crippen LogP contribution in [0.4, 0.5) is 14.5 Å². The van der Waals surface area contributed by atoms with Crippen LogP contribution in [0.25, 0.3) is 0 Å². The molecule has 0 bridgehead atoms. The van der Waals surface area contributed by atoms with Crippen LogP contribution in [0, 0.1) is 21.7 Å². The average molecular weight is 293 g/mol. The number of fused-ring (bicyclic) bond motifs is 1. The van der Waals surface area contributed by atoms with E-state index in [1.807, 2.05) is 0 Å². The van der Waals surface area contributed by atoms with Crippen molar-refractivity contribution in [2.24, 2.45) is 0 Å². The zero-order chi connectivity index (χ0) is 15.0. The van der Waals surface area contributed by atoms with Crippen molar-refractivity contribution in [3.05, 3.63) is 63.2 Å². The van der Waals surface area contributed by atoms with Crippen LogP contribution in [-0.2, 0) is 18.0 Å². The fraction of sp³-hybridized carbons (Fsp3) is 0.143. The van der Waals surface area contributed by atoms with Crippen molar-refractivity contribution in [2.45, 2.75) is 13.2 Å². The molecule has 1 heterocycles. The third kappa shape index (κ3) is 2.55. The molecule has 3 rings (SSSR count). The molecule has 0 atom stereocenters. The number of nitrogens with zero attached hydrogens (tertiary/aromatic N) is 1. The number of nitro benzene ring substituents is 1. The van der Waals surface area contributed by atoms with Gasteiger partial charge in [-0.15, -0.1) is 0 Å². The molecule has 21 heavy (non-hydrogen) atoms. The number of hydrogen-bond acceptors (Lipinski definition) is 4. The molecule has 2 aromatic carbocycles. The summed E-state index contributed by atoms with van der Waals surface area (Å²) in [4.78, 5) is 10.5. The minimum atomic E-state index is -0.930. The summed E-state index contributed by atoms with van der Waals surface area (Å²) in [5, 5.41) is 11.1. The molecule has 7 heteroatoms. The number of benzene rings is 2. The van der Waals surface area contributed by atoms with Gasteiger partial charge in [0, 0.05) is 12.1 Å². The molecular formula is C14H9F2NO4. The van der Waals surface area contributed by atoms with E-state index in [4.69, 9.17) is 9.47 Å². The number of nitro groups is 1. The molecule has 0 unspecified atom stereocenters. The van der Waals surface area contributed by atoms with Gasteiger partial charge in [0.25, 0.3) is 0 Å². The van der Waals surface area contributed by atoms with Crippen LogP contribution in [0.2, 0.25) is 0 Å². The van der Waals surface area contributed by atoms with Crippen LogP contribution in [-0.4, -0.2) is 4.92 Å². The van der Waals surface area contributed by atoms with Gasteiger partial charge in [-0.2, -0.15) is 0 Å². The lowest BCUT2D eigenvalue weighted by molar-refractivity contribution is -0.385. The van der Waals surface area contributed by atoms with Crippen LogP contribution in [0.15, 0.2) is 30.3 Å². The molecule has 108 valence electrons. The van der Waals surface area contributed by atoms with E-state index >= 15 is 0 Å². The van der Waals surface area contributed by atoms with Crippen molar-refractivity contribution in [3.8, 4) is 11.5 Å². The molecule has 0 fully saturated rings. The lowest BCUT2D eigenvalue weighted by Gasteiger charge is -2.09. The fourth-order valence-corrected chi connectivity index (χ4v) is 2.09. The van der Waals surface area contributed by atoms with Gasteiger partial charge in [-0.05, 0) is 29.3 Å². The third-order valence-electron chi connectivity index (χ3n) is 3.11. The zero-order valence-electron chi connectivity index (χ0n) is 10.6. The van der Waals surface area contributed by atoms with E-state index in [-0.39, 0.29) is 17.2 Å². The smallest absolute Gasteiger partial charge is 0.311 e. The highest BCUT2D eigenvalue weighted by molar-refractivity contribution is 5.54. The zero-order valence-corrected chi connectivity index (χ0v) is 10.6. The Balaban J connectivity index is 2.03. The molecular weight excluding hydrogens is 284 g/mol. The van der Waals surface area contributed by atoms with E-state index in [2.05, 4.69) is 0 Å². The van der Waals surface area contributed by atoms with E-state index in [9.17, 15) is 18.9 Å². The molecule has 5 nitrogen and oxygen atoms in total. The number of halogens is 2. The van der Waals surface area contributed by atoms with Crippen LogP contribution in [0.3, 0.4) is 0 Å². The minimum Gasteiger partial charge on any atom is -0.447 e. The molecule has 0 N–H and O–H groups in total. The lowest BCUT2D eigenvalue weighted by atomic mass is 10.1. The van der Waals surface area contributed by atoms with E-state index in [1.165, 1.54) is 12.1 Å². The first-order valence-corrected chi connectivity index (χ1v) is 6.05. The van der Waals surface area contributed by atoms with E-state index < -0.39 is 16.6 Å². The quantitative estimate of drug-likeness (QED) is 0.639. The predicted molar refractivity (Wildman–Crippen MR) is 68.0 cm³/mol. The van der Waals surface area contributed by atoms with Gasteiger partial charge in [0.15, 0.2) is 11.6 Å². The van der Waals surface area contributed by atoms with Gasteiger partial charge in [0.1, 0.15) is 5.82 Å². The van der Waals surface area contributed by atoms with Crippen LogP contribution in [0.1, 0.15) is 11.1 Å². The Labute approximate surface area is 117 Å². The van der Waals surface area contributed by atoms with E-state index in [1.54, 1.807) is 0 Å². The molecule has 0 radical (unpaired) electrons. The van der Waals surface area contributed by atoms with Crippen molar-refractivity contribution in [3.63, 3.8) is 0 Å². The first-order valence-electron chi connectivity index (χ1n) is 6.05. The summed E-state index contributed by atoms with van der Waals surface area (Å²) in [6.07, 6.45) is 0. The molecule has 1 aliphatic heterocycles. The Morgan fingerprint density at radius 2 is 1.81 bits per heavy atom. The van der Waals surface area contributed by atoms with Gasteiger partial charge in [-0.3, -0.25) is 10.1 Å². The number of hydrogen-bond donors (Lipinski definition) is 0. The Morgan fingerprint density at radius 1 is 1.10 bits per heavy atom. The van der Waals surface area contributed by atoms with Gasteiger partial charge in [-0.25, -0.2) is 8.78 Å². The number of ether oxygens (including phenoxy) is 2. The van der Waals surface area contributed by atoms with Crippen molar-refractivity contribution in [2.75, 3.05) is 0 Å². The van der Waals surface area contributed by atoms with Gasteiger partial charge in [-0.1, -0.05) is 0 Å². The predicted octanol–water partition coefficient (Wildman–Crippen LogP) is 3.70. The largest absolute Gasteiger partial charge is 0.447 e. The molecule has 1 aliphatic rings. The van der Waals surface area contributed by atoms with E-state index in [0.29, 0.717) is 24.8 Å². The summed E-state index contributed by atoms with van der Waals surface area (Å²) in [7, 11) is 0. The molecule has 0 aliphatic carbocycles. The summed E-state index contributed by atoms with van der Waals surface area (Å²) in [6, 6.07) is 5.54. The first-order chi connectivity index (χ1) is 10.0. The lowest BCUT2D eigenvalue weighted by Crippen LogP contribution is -1.97. The summed E-state index contributed by atoms with van der Waals surface area (Å²) in [6.45, 7) is 0.608. The molecule has 2 aromatic rings. The maximum atomic E-state index is 13.6. The second-order valence-corrected chi connectivity index (χ2v) is 4.52. The van der Waals surface area contributed by atoms with Gasteiger partial charge in [0.2, 0.25) is 5.75 Å². The SMILES string of the molecule is O=[N+]([O-])c1cc2c(cc1Oc1ccc(F)cc1F)COC2. The summed E-state index contributed by atoms with van der Waals surface area (Å²) < 4.78 is 36.9. The van der Waals surface area contributed by atoms with Crippen LogP contribution < -0.4 is 4.74 Å². The topological polar surface area (TPSA) is 61.6 Å². The summed E-state index contributed by atoms with van der Waals surface area (Å²) in [5.74, 6) is -2.06. The molecule has 0 saturated heterocycles. The second kappa shape index (κ2) is 5.10. The maximum absolute atomic E-state index is 13.6. The molecule has 0 amide bonds. The summed E-state index contributed by atoms with van der Waals surface area (Å²) >= 11 is 0. The summed E-state index contributed by atoms with van der Waals surface area (Å²) in [5.41, 5.74) is 1.16.